The number of aliphatic hydroxyl groups excluding tert-OH is 1. The van der Waals surface area contributed by atoms with Gasteiger partial charge >= 0.3 is 0 Å². The molecule has 0 spiro atoms. The molecule has 0 aromatic heterocycles. The minimum absolute atomic E-state index is 0.130. The normalized spacial score (nSPS) is 19.1. The van der Waals surface area contributed by atoms with E-state index in [1.54, 1.807) is 17.0 Å². The Labute approximate surface area is 159 Å². The van der Waals surface area contributed by atoms with Crippen LogP contribution >= 0.6 is 0 Å². The van der Waals surface area contributed by atoms with Gasteiger partial charge in [0.15, 0.2) is 0 Å². The maximum Gasteiger partial charge on any atom is 0.295 e. The molecule has 0 unspecified atom stereocenters. The highest BCUT2D eigenvalue weighted by molar-refractivity contribution is 6.46. The summed E-state index contributed by atoms with van der Waals surface area (Å²) in [7, 11) is 3.83. The summed E-state index contributed by atoms with van der Waals surface area (Å²) in [6, 6.07) is 16.1. The van der Waals surface area contributed by atoms with E-state index in [9.17, 15) is 14.7 Å². The van der Waals surface area contributed by atoms with Crippen molar-refractivity contribution in [2.24, 2.45) is 0 Å². The number of ketones is 1. The molecule has 27 heavy (non-hydrogen) atoms. The molecule has 1 fully saturated rings. The molecule has 1 aliphatic rings. The molecule has 3 rings (SSSR count). The van der Waals surface area contributed by atoms with E-state index in [1.165, 1.54) is 0 Å². The van der Waals surface area contributed by atoms with E-state index in [1.807, 2.05) is 68.4 Å². The van der Waals surface area contributed by atoms with Crippen LogP contribution in [0.25, 0.3) is 5.76 Å². The van der Waals surface area contributed by atoms with E-state index in [0.717, 1.165) is 11.1 Å². The summed E-state index contributed by atoms with van der Waals surface area (Å²) in [6.45, 7) is 2.98. The van der Waals surface area contributed by atoms with Crippen molar-refractivity contribution in [2.45, 2.75) is 13.0 Å². The van der Waals surface area contributed by atoms with Crippen LogP contribution in [0.1, 0.15) is 22.7 Å². The fraction of sp³-hybridized carbons (Fsp3) is 0.273. The van der Waals surface area contributed by atoms with Gasteiger partial charge in [-0.1, -0.05) is 60.2 Å². The van der Waals surface area contributed by atoms with Crippen LogP contribution in [-0.2, 0) is 9.59 Å². The maximum atomic E-state index is 12.8. The number of likely N-dealkylation sites (tertiary alicyclic amines) is 1. The molecule has 0 aliphatic carbocycles. The molecule has 1 heterocycles. The van der Waals surface area contributed by atoms with Crippen molar-refractivity contribution in [3.63, 3.8) is 0 Å². The van der Waals surface area contributed by atoms with Crippen molar-refractivity contribution in [3.05, 3.63) is 76.9 Å². The Bertz CT molecular complexity index is 870. The third-order valence-corrected chi connectivity index (χ3v) is 4.77. The van der Waals surface area contributed by atoms with Crippen molar-refractivity contribution in [1.29, 1.82) is 0 Å². The van der Waals surface area contributed by atoms with Crippen LogP contribution in [0.5, 0.6) is 0 Å². The average molecular weight is 364 g/mol. The number of rotatable bonds is 5. The molecular formula is C22H24N2O3. The summed E-state index contributed by atoms with van der Waals surface area (Å²) in [5.74, 6) is -1.34. The first-order valence-corrected chi connectivity index (χ1v) is 8.95. The zero-order valence-corrected chi connectivity index (χ0v) is 15.8. The van der Waals surface area contributed by atoms with Gasteiger partial charge in [0.05, 0.1) is 11.6 Å². The van der Waals surface area contributed by atoms with E-state index in [4.69, 9.17) is 0 Å². The number of carbonyl (C=O) groups excluding carboxylic acids is 2. The van der Waals surface area contributed by atoms with Crippen LogP contribution in [-0.4, -0.2) is 53.8 Å². The second-order valence-corrected chi connectivity index (χ2v) is 7.07. The van der Waals surface area contributed by atoms with E-state index < -0.39 is 17.7 Å². The second kappa shape index (κ2) is 7.76. The van der Waals surface area contributed by atoms with E-state index in [2.05, 4.69) is 0 Å². The fourth-order valence-electron chi connectivity index (χ4n) is 3.27. The van der Waals surface area contributed by atoms with Crippen molar-refractivity contribution in [2.75, 3.05) is 27.2 Å². The quantitative estimate of drug-likeness (QED) is 0.503. The number of nitrogens with zero attached hydrogens (tertiary/aromatic N) is 2. The number of aryl methyl sites for hydroxylation is 1. The summed E-state index contributed by atoms with van der Waals surface area (Å²) < 4.78 is 0. The maximum absolute atomic E-state index is 12.8. The van der Waals surface area contributed by atoms with Crippen molar-refractivity contribution in [3.8, 4) is 0 Å². The first-order valence-electron chi connectivity index (χ1n) is 8.95. The summed E-state index contributed by atoms with van der Waals surface area (Å²) in [5, 5.41) is 10.9. The Hall–Kier alpha value is -2.92. The third kappa shape index (κ3) is 3.78. The highest BCUT2D eigenvalue weighted by atomic mass is 16.3. The van der Waals surface area contributed by atoms with Crippen LogP contribution < -0.4 is 0 Å². The zero-order chi connectivity index (χ0) is 19.6. The van der Waals surface area contributed by atoms with Gasteiger partial charge in [-0.25, -0.2) is 0 Å². The molecule has 2 aromatic carbocycles. The number of aliphatic hydroxyl groups is 1. The largest absolute Gasteiger partial charge is 0.507 e. The Morgan fingerprint density at radius 3 is 2.26 bits per heavy atom. The van der Waals surface area contributed by atoms with E-state index in [0.29, 0.717) is 18.7 Å². The lowest BCUT2D eigenvalue weighted by molar-refractivity contribution is -0.140. The topological polar surface area (TPSA) is 60.9 Å². The third-order valence-electron chi connectivity index (χ3n) is 4.77. The molecule has 1 amide bonds. The van der Waals surface area contributed by atoms with E-state index in [-0.39, 0.29) is 11.3 Å². The molecule has 1 aliphatic heterocycles. The average Bonchev–Trinajstić information content (AvgIpc) is 2.91. The van der Waals surface area contributed by atoms with Crippen molar-refractivity contribution < 1.29 is 14.7 Å². The second-order valence-electron chi connectivity index (χ2n) is 7.07. The molecule has 140 valence electrons. The van der Waals surface area contributed by atoms with Gasteiger partial charge in [0.25, 0.3) is 11.7 Å². The summed E-state index contributed by atoms with van der Waals surface area (Å²) in [5.41, 5.74) is 2.54. The number of amides is 1. The number of likely N-dealkylation sites (N-methyl/N-ethyl adjacent to an activating group) is 1. The van der Waals surface area contributed by atoms with Crippen LogP contribution in [0.15, 0.2) is 60.2 Å². The lowest BCUT2D eigenvalue weighted by atomic mass is 9.95. The van der Waals surface area contributed by atoms with Gasteiger partial charge < -0.3 is 14.9 Å². The lowest BCUT2D eigenvalue weighted by Crippen LogP contribution is -2.35. The van der Waals surface area contributed by atoms with E-state index >= 15 is 0 Å². The smallest absolute Gasteiger partial charge is 0.295 e. The van der Waals surface area contributed by atoms with Crippen LogP contribution in [0.4, 0.5) is 0 Å². The van der Waals surface area contributed by atoms with Gasteiger partial charge in [0, 0.05) is 18.7 Å². The van der Waals surface area contributed by atoms with Gasteiger partial charge in [-0.3, -0.25) is 9.59 Å². The molecule has 5 nitrogen and oxygen atoms in total. The minimum atomic E-state index is -0.638. The molecule has 0 saturated carbocycles. The van der Waals surface area contributed by atoms with Crippen molar-refractivity contribution >= 4 is 17.4 Å². The molecule has 0 radical (unpaired) electrons. The SMILES string of the molecule is Cc1ccc(C(O)=C2C(=O)C(=O)N(CCN(C)C)[C@H]2c2ccccc2)cc1. The highest BCUT2D eigenvalue weighted by Crippen LogP contribution is 2.39. The van der Waals surface area contributed by atoms with Gasteiger partial charge in [-0.2, -0.15) is 0 Å². The van der Waals surface area contributed by atoms with Gasteiger partial charge in [0.2, 0.25) is 0 Å². The summed E-state index contributed by atoms with van der Waals surface area (Å²) in [6.07, 6.45) is 0. The molecule has 5 heteroatoms. The molecule has 1 atom stereocenters. The minimum Gasteiger partial charge on any atom is -0.507 e. The van der Waals surface area contributed by atoms with Gasteiger partial charge in [-0.05, 0) is 26.6 Å². The van der Waals surface area contributed by atoms with Gasteiger partial charge in [-0.15, -0.1) is 0 Å². The van der Waals surface area contributed by atoms with Gasteiger partial charge in [0.1, 0.15) is 5.76 Å². The summed E-state index contributed by atoms with van der Waals surface area (Å²) >= 11 is 0. The molecule has 2 aromatic rings. The Morgan fingerprint density at radius 2 is 1.67 bits per heavy atom. The summed E-state index contributed by atoms with van der Waals surface area (Å²) in [4.78, 5) is 29.0. The molecule has 0 bridgehead atoms. The fourth-order valence-corrected chi connectivity index (χ4v) is 3.27. The standard InChI is InChI=1S/C22H24N2O3/c1-15-9-11-17(12-10-15)20(25)18-19(16-7-5-4-6-8-16)24(14-13-23(2)3)22(27)21(18)26/h4-12,19,25H,13-14H2,1-3H3/t19-/m0/s1. The highest BCUT2D eigenvalue weighted by Gasteiger charge is 2.45. The number of hydrogen-bond donors (Lipinski definition) is 1. The molecule has 1 saturated heterocycles. The molecular weight excluding hydrogens is 340 g/mol. The monoisotopic (exact) mass is 364 g/mol. The first-order chi connectivity index (χ1) is 12.9. The predicted molar refractivity (Wildman–Crippen MR) is 105 cm³/mol. The number of carbonyl (C=O) groups is 2. The van der Waals surface area contributed by atoms with Crippen LogP contribution in [0.2, 0.25) is 0 Å². The van der Waals surface area contributed by atoms with Crippen LogP contribution in [0, 0.1) is 6.92 Å². The van der Waals surface area contributed by atoms with Crippen molar-refractivity contribution in [1.82, 2.24) is 9.80 Å². The number of benzene rings is 2. The lowest BCUT2D eigenvalue weighted by Gasteiger charge is -2.26. The Kier molecular flexibility index (Phi) is 5.42. The van der Waals surface area contributed by atoms with Crippen LogP contribution in [0.3, 0.4) is 0 Å². The number of hydrogen-bond acceptors (Lipinski definition) is 4. The Balaban J connectivity index is 2.12. The molecule has 1 N–H and O–H groups in total. The zero-order valence-electron chi connectivity index (χ0n) is 15.8. The predicted octanol–water partition coefficient (Wildman–Crippen LogP) is 2.98. The Morgan fingerprint density at radius 1 is 1.04 bits per heavy atom. The first kappa shape index (κ1) is 18.9. The number of Topliss-reactive ketones (excluding diaryl/α,β-unsaturated/α-hetero) is 1.